The van der Waals surface area contributed by atoms with Crippen LogP contribution in [-0.4, -0.2) is 15.8 Å². The van der Waals surface area contributed by atoms with Crippen LogP contribution in [0.25, 0.3) is 72.2 Å². The van der Waals surface area contributed by atoms with E-state index in [9.17, 15) is 0 Å². The first-order valence-electron chi connectivity index (χ1n) is 26.8. The molecule has 0 fully saturated rings. The van der Waals surface area contributed by atoms with E-state index in [0.717, 1.165) is 129 Å². The summed E-state index contributed by atoms with van der Waals surface area (Å²) in [5, 5.41) is 2.23. The molecule has 0 unspecified atom stereocenters. The van der Waals surface area contributed by atoms with E-state index in [1.165, 1.54) is 5.56 Å². The largest absolute Gasteiger partial charge is 4.00 e. The molecule has 13 aromatic rings. The number of rotatable bonds is 8. The van der Waals surface area contributed by atoms with Crippen LogP contribution >= 0.6 is 0 Å². The Morgan fingerprint density at radius 3 is 1.89 bits per heavy atom. The Morgan fingerprint density at radius 1 is 0.512 bits per heavy atom. The van der Waals surface area contributed by atoms with Gasteiger partial charge in [0.1, 0.15) is 23.0 Å². The zero-order valence-corrected chi connectivity index (χ0v) is 46.0. The van der Waals surface area contributed by atoms with Gasteiger partial charge in [-0.2, -0.15) is 42.0 Å². The van der Waals surface area contributed by atoms with Crippen molar-refractivity contribution in [3.8, 4) is 73.8 Å². The SMILES string of the molecule is CC(C)(C)c1cc[c-]c(-n2c3[c-]c(Oc4[c-]c(-n5[c-][n+](-c6c(-c7ccccc7)cccc6-c6cc7c8c(c6)Oc6cccc9c6B8c6c(cccc6N9c6ccccc6)O7)c6ccccc65)ccc4)ccc3c3ccccc32)c1.[Pt+4]. The number of anilines is 3. The number of benzene rings is 11. The summed E-state index contributed by atoms with van der Waals surface area (Å²) in [5.74, 6) is 4.37. The van der Waals surface area contributed by atoms with E-state index >= 15 is 0 Å². The molecule has 11 aromatic carbocycles. The van der Waals surface area contributed by atoms with E-state index in [1.54, 1.807) is 0 Å². The van der Waals surface area contributed by atoms with Crippen LogP contribution in [0.1, 0.15) is 26.3 Å². The van der Waals surface area contributed by atoms with Crippen molar-refractivity contribution in [1.29, 1.82) is 0 Å². The molecule has 0 spiro atoms. The summed E-state index contributed by atoms with van der Waals surface area (Å²) in [5.41, 5.74) is 18.5. The number of para-hydroxylation sites is 5. The Labute approximate surface area is 478 Å². The second kappa shape index (κ2) is 18.4. The van der Waals surface area contributed by atoms with Gasteiger partial charge in [0.05, 0.1) is 16.7 Å². The average molecular weight is 1210 g/mol. The topological polar surface area (TPSA) is 44.7 Å². The summed E-state index contributed by atoms with van der Waals surface area (Å²) in [4.78, 5) is 2.34. The van der Waals surface area contributed by atoms with Gasteiger partial charge in [0.15, 0.2) is 0 Å². The maximum absolute atomic E-state index is 7.07. The summed E-state index contributed by atoms with van der Waals surface area (Å²) in [6.45, 7) is 6.64. The molecule has 380 valence electrons. The van der Waals surface area contributed by atoms with Gasteiger partial charge in [-0.15, -0.1) is 35.7 Å². The van der Waals surface area contributed by atoms with Gasteiger partial charge in [-0.25, -0.2) is 0 Å². The van der Waals surface area contributed by atoms with Crippen molar-refractivity contribution in [1.82, 2.24) is 9.13 Å². The van der Waals surface area contributed by atoms with E-state index in [2.05, 4.69) is 258 Å². The van der Waals surface area contributed by atoms with Crippen molar-refractivity contribution in [2.24, 2.45) is 0 Å². The fourth-order valence-corrected chi connectivity index (χ4v) is 12.3. The van der Waals surface area contributed by atoms with Crippen LogP contribution < -0.4 is 40.1 Å². The maximum atomic E-state index is 7.07. The fraction of sp³-hybridized carbons (Fsp3) is 0.0563. The van der Waals surface area contributed by atoms with Crippen molar-refractivity contribution in [2.45, 2.75) is 26.2 Å². The second-order valence-corrected chi connectivity index (χ2v) is 21.6. The molecule has 3 aliphatic rings. The van der Waals surface area contributed by atoms with Gasteiger partial charge in [-0.05, 0) is 104 Å². The Hall–Kier alpha value is -9.36. The molecule has 0 radical (unpaired) electrons. The van der Waals surface area contributed by atoms with Crippen molar-refractivity contribution in [2.75, 3.05) is 4.90 Å². The fourth-order valence-electron chi connectivity index (χ4n) is 12.3. The zero-order chi connectivity index (χ0) is 52.5. The molecule has 80 heavy (non-hydrogen) atoms. The number of aromatic nitrogens is 3. The van der Waals surface area contributed by atoms with Crippen LogP contribution in [0.3, 0.4) is 0 Å². The first-order valence-corrected chi connectivity index (χ1v) is 26.8. The molecule has 7 nitrogen and oxygen atoms in total. The number of imidazole rings is 1. The third kappa shape index (κ3) is 7.43. The van der Waals surface area contributed by atoms with Crippen LogP contribution in [0.2, 0.25) is 0 Å². The van der Waals surface area contributed by atoms with E-state index in [0.29, 0.717) is 11.5 Å². The molecule has 0 aliphatic carbocycles. The van der Waals surface area contributed by atoms with Gasteiger partial charge < -0.3 is 28.2 Å². The Morgan fingerprint density at radius 2 is 1.15 bits per heavy atom. The van der Waals surface area contributed by atoms with Crippen molar-refractivity contribution < 1.29 is 39.8 Å². The Balaban J connectivity index is 0.00000552. The summed E-state index contributed by atoms with van der Waals surface area (Å²) in [6.07, 6.45) is 3.84. The maximum Gasteiger partial charge on any atom is 4.00 e. The summed E-state index contributed by atoms with van der Waals surface area (Å²) in [6, 6.07) is 89.1. The molecule has 0 bridgehead atoms. The van der Waals surface area contributed by atoms with Gasteiger partial charge in [0.2, 0.25) is 0 Å². The van der Waals surface area contributed by atoms with Crippen LogP contribution in [0, 0.1) is 24.5 Å². The molecule has 3 aliphatic heterocycles. The Kier molecular flexibility index (Phi) is 11.0. The van der Waals surface area contributed by atoms with Gasteiger partial charge in [0, 0.05) is 39.5 Å². The normalized spacial score (nSPS) is 12.7. The predicted octanol–water partition coefficient (Wildman–Crippen LogP) is 15.1. The van der Waals surface area contributed by atoms with Crippen molar-refractivity contribution in [3.63, 3.8) is 0 Å². The van der Waals surface area contributed by atoms with E-state index < -0.39 is 0 Å². The molecule has 16 rings (SSSR count). The Bertz CT molecular complexity index is 4580. The number of fused-ring (bicyclic) bond motifs is 4. The first kappa shape index (κ1) is 47.8. The molecule has 2 aromatic heterocycles. The van der Waals surface area contributed by atoms with Crippen LogP contribution in [0.15, 0.2) is 224 Å². The molecule has 9 heteroatoms. The van der Waals surface area contributed by atoms with Gasteiger partial charge >= 0.3 is 21.1 Å². The smallest absolute Gasteiger partial charge is 0.510 e. The monoisotopic (exact) mass is 1210 g/mol. The molecular weight excluding hydrogens is 1160 g/mol. The molecule has 0 saturated heterocycles. The second-order valence-electron chi connectivity index (χ2n) is 21.6. The molecule has 0 saturated carbocycles. The molecule has 0 amide bonds. The number of hydrogen-bond acceptors (Lipinski definition) is 4. The third-order valence-electron chi connectivity index (χ3n) is 15.9. The van der Waals surface area contributed by atoms with Gasteiger partial charge in [0.25, 0.3) is 13.0 Å². The van der Waals surface area contributed by atoms with Crippen LogP contribution in [0.4, 0.5) is 17.1 Å². The van der Waals surface area contributed by atoms with Crippen LogP contribution in [0.5, 0.6) is 34.5 Å². The minimum absolute atomic E-state index is 0. The molecule has 0 atom stereocenters. The molecular formula is C71H46BN4O3Pt+. The number of hydrogen-bond donors (Lipinski definition) is 0. The minimum atomic E-state index is -0.0759. The average Bonchev–Trinajstić information content (AvgIpc) is 3.56. The van der Waals surface area contributed by atoms with Crippen molar-refractivity contribution >= 4 is 73.0 Å². The van der Waals surface area contributed by atoms with Crippen molar-refractivity contribution in [3.05, 3.63) is 255 Å². The number of ether oxygens (including phenoxy) is 3. The summed E-state index contributed by atoms with van der Waals surface area (Å²) in [7, 11) is 0. The summed E-state index contributed by atoms with van der Waals surface area (Å²) < 4.78 is 27.4. The first-order chi connectivity index (χ1) is 38.8. The standard InChI is InChI=1S/C71H46BN4O3.Pt/c1-71(2,3)47-21-14-25-50(41-47)76-57-30-11-10-27-55(57)56-38-37-52(43-62(56)76)77-51-26-15-24-49(42-51)73-44-74(59-32-13-12-31-58(59)73)70-53(45-19-6-4-7-20-45)28-16-29-54(70)46-39-65-69-66(40-46)79-64-36-18-34-61-68(64)72(69)67-60(33-17-35-63(67)78-65)75(61)48-22-8-5-9-23-48;/h4-24,26-41H,1-3H3;/q-3;+4. The summed E-state index contributed by atoms with van der Waals surface area (Å²) >= 11 is 0. The third-order valence-corrected chi connectivity index (χ3v) is 15.9. The predicted molar refractivity (Wildman–Crippen MR) is 317 cm³/mol. The van der Waals surface area contributed by atoms with Gasteiger partial charge in [-0.3, -0.25) is 4.57 Å². The van der Waals surface area contributed by atoms with Gasteiger partial charge in [-0.1, -0.05) is 153 Å². The quantitative estimate of drug-likeness (QED) is 0.0864. The zero-order valence-electron chi connectivity index (χ0n) is 43.8. The van der Waals surface area contributed by atoms with Crippen LogP contribution in [-0.2, 0) is 26.5 Å². The van der Waals surface area contributed by atoms with E-state index in [4.69, 9.17) is 14.2 Å². The van der Waals surface area contributed by atoms with E-state index in [1.807, 2.05) is 30.3 Å². The minimum Gasteiger partial charge on any atom is -0.510 e. The molecule has 5 heterocycles. The number of nitrogens with zero attached hydrogens (tertiary/aromatic N) is 4. The molecule has 0 N–H and O–H groups in total. The van der Waals surface area contributed by atoms with E-state index in [-0.39, 0.29) is 33.2 Å².